The van der Waals surface area contributed by atoms with E-state index >= 15 is 0 Å². The fourth-order valence-corrected chi connectivity index (χ4v) is 3.97. The fourth-order valence-electron chi connectivity index (χ4n) is 3.97. The lowest BCUT2D eigenvalue weighted by Gasteiger charge is -2.34. The second kappa shape index (κ2) is 9.91. The van der Waals surface area contributed by atoms with E-state index in [-0.39, 0.29) is 11.8 Å². The third kappa shape index (κ3) is 5.09. The number of aryl methyl sites for hydroxylation is 2. The van der Waals surface area contributed by atoms with Crippen LogP contribution in [0.4, 0.5) is 0 Å². The van der Waals surface area contributed by atoms with E-state index in [0.717, 1.165) is 22.6 Å². The highest BCUT2D eigenvalue weighted by atomic mass is 16.5. The molecule has 7 nitrogen and oxygen atoms in total. The first kappa shape index (κ1) is 22.1. The molecule has 0 spiro atoms. The van der Waals surface area contributed by atoms with Crippen molar-refractivity contribution >= 4 is 11.8 Å². The summed E-state index contributed by atoms with van der Waals surface area (Å²) in [5.41, 5.74) is 5.03. The highest BCUT2D eigenvalue weighted by Crippen LogP contribution is 2.23. The molecule has 1 N–H and O–H groups in total. The molecule has 0 atom stereocenters. The Kier molecular flexibility index (Phi) is 7.29. The third-order valence-electron chi connectivity index (χ3n) is 5.58. The van der Waals surface area contributed by atoms with Crippen molar-refractivity contribution in [1.29, 1.82) is 0 Å². The van der Waals surface area contributed by atoms with Crippen molar-refractivity contribution in [3.05, 3.63) is 52.8 Å². The first-order valence-electron chi connectivity index (χ1n) is 10.4. The van der Waals surface area contributed by atoms with E-state index in [4.69, 9.17) is 4.74 Å². The quantitative estimate of drug-likeness (QED) is 0.706. The van der Waals surface area contributed by atoms with Crippen LogP contribution < -0.4 is 5.32 Å². The zero-order valence-electron chi connectivity index (χ0n) is 18.4. The van der Waals surface area contributed by atoms with Gasteiger partial charge in [-0.25, -0.2) is 0 Å². The topological polar surface area (TPSA) is 66.8 Å². The minimum Gasteiger partial charge on any atom is -0.383 e. The van der Waals surface area contributed by atoms with Crippen LogP contribution in [0, 0.1) is 20.8 Å². The SMILES string of the molecule is COCCNC(=O)CN1CCN(C(=O)c2cc(C)n(-c3cccc(C)c3)c2C)CC1. The lowest BCUT2D eigenvalue weighted by molar-refractivity contribution is -0.122. The van der Waals surface area contributed by atoms with Gasteiger partial charge in [0.2, 0.25) is 5.91 Å². The minimum atomic E-state index is -0.00599. The average Bonchev–Trinajstić information content (AvgIpc) is 3.02. The van der Waals surface area contributed by atoms with E-state index in [1.165, 1.54) is 5.56 Å². The van der Waals surface area contributed by atoms with Gasteiger partial charge in [0.1, 0.15) is 0 Å². The number of carbonyl (C=O) groups excluding carboxylic acids is 2. The molecule has 162 valence electrons. The summed E-state index contributed by atoms with van der Waals surface area (Å²) in [5.74, 6) is 0.0553. The second-order valence-corrected chi connectivity index (χ2v) is 7.87. The number of rotatable bonds is 7. The van der Waals surface area contributed by atoms with Gasteiger partial charge in [-0.15, -0.1) is 0 Å². The highest BCUT2D eigenvalue weighted by Gasteiger charge is 2.26. The Labute approximate surface area is 178 Å². The Morgan fingerprint density at radius 3 is 2.47 bits per heavy atom. The Bertz CT molecular complexity index is 898. The molecule has 0 radical (unpaired) electrons. The zero-order chi connectivity index (χ0) is 21.7. The van der Waals surface area contributed by atoms with Crippen LogP contribution in [0.15, 0.2) is 30.3 Å². The lowest BCUT2D eigenvalue weighted by Crippen LogP contribution is -2.51. The van der Waals surface area contributed by atoms with Gasteiger partial charge in [0, 0.05) is 56.9 Å². The monoisotopic (exact) mass is 412 g/mol. The zero-order valence-corrected chi connectivity index (χ0v) is 18.4. The molecule has 1 saturated heterocycles. The van der Waals surface area contributed by atoms with Gasteiger partial charge in [-0.2, -0.15) is 0 Å². The van der Waals surface area contributed by atoms with Crippen LogP contribution in [0.3, 0.4) is 0 Å². The van der Waals surface area contributed by atoms with Crippen LogP contribution in [-0.2, 0) is 9.53 Å². The van der Waals surface area contributed by atoms with E-state index in [2.05, 4.69) is 39.9 Å². The van der Waals surface area contributed by atoms with Gasteiger partial charge >= 0.3 is 0 Å². The summed E-state index contributed by atoms with van der Waals surface area (Å²) in [5, 5.41) is 2.84. The molecule has 0 bridgehead atoms. The number of aromatic nitrogens is 1. The number of piperazine rings is 1. The van der Waals surface area contributed by atoms with Crippen LogP contribution >= 0.6 is 0 Å². The molecule has 1 aliphatic heterocycles. The number of nitrogens with one attached hydrogen (secondary N) is 1. The van der Waals surface area contributed by atoms with Gasteiger partial charge in [-0.1, -0.05) is 12.1 Å². The van der Waals surface area contributed by atoms with Gasteiger partial charge in [-0.3, -0.25) is 14.5 Å². The molecular formula is C23H32N4O3. The summed E-state index contributed by atoms with van der Waals surface area (Å²) in [4.78, 5) is 29.1. The van der Waals surface area contributed by atoms with Crippen LogP contribution in [0.1, 0.15) is 27.3 Å². The first-order valence-corrected chi connectivity index (χ1v) is 10.4. The molecular weight excluding hydrogens is 380 g/mol. The van der Waals surface area contributed by atoms with E-state index in [1.54, 1.807) is 7.11 Å². The second-order valence-electron chi connectivity index (χ2n) is 7.87. The first-order chi connectivity index (χ1) is 14.4. The van der Waals surface area contributed by atoms with Crippen molar-refractivity contribution in [2.24, 2.45) is 0 Å². The summed E-state index contributed by atoms with van der Waals surface area (Å²) in [6.45, 7) is 10.1. The molecule has 30 heavy (non-hydrogen) atoms. The largest absolute Gasteiger partial charge is 0.383 e. The summed E-state index contributed by atoms with van der Waals surface area (Å²) < 4.78 is 7.08. The number of hydrogen-bond donors (Lipinski definition) is 1. The maximum absolute atomic E-state index is 13.2. The van der Waals surface area contributed by atoms with Crippen LogP contribution in [0.2, 0.25) is 0 Å². The summed E-state index contributed by atoms with van der Waals surface area (Å²) in [7, 11) is 1.61. The molecule has 1 fully saturated rings. The molecule has 1 aromatic carbocycles. The van der Waals surface area contributed by atoms with Crippen molar-refractivity contribution in [2.75, 3.05) is 53.0 Å². The molecule has 3 rings (SSSR count). The summed E-state index contributed by atoms with van der Waals surface area (Å²) in [6.07, 6.45) is 0. The molecule has 1 aromatic heterocycles. The lowest BCUT2D eigenvalue weighted by atomic mass is 10.2. The molecule has 2 aromatic rings. The highest BCUT2D eigenvalue weighted by molar-refractivity contribution is 5.96. The Hall–Kier alpha value is -2.64. The Morgan fingerprint density at radius 1 is 1.07 bits per heavy atom. The van der Waals surface area contributed by atoms with E-state index in [0.29, 0.717) is 45.9 Å². The van der Waals surface area contributed by atoms with Crippen LogP contribution in [-0.4, -0.2) is 79.2 Å². The maximum atomic E-state index is 13.2. The Morgan fingerprint density at radius 2 is 1.80 bits per heavy atom. The summed E-state index contributed by atoms with van der Waals surface area (Å²) in [6, 6.07) is 10.3. The maximum Gasteiger partial charge on any atom is 0.255 e. The third-order valence-corrected chi connectivity index (χ3v) is 5.58. The standard InChI is InChI=1S/C23H32N4O3/c1-17-6-5-7-20(14-17)27-18(2)15-21(19(27)3)23(29)26-11-9-25(10-12-26)16-22(28)24-8-13-30-4/h5-7,14-15H,8-13,16H2,1-4H3,(H,24,28). The van der Waals surface area contributed by atoms with E-state index in [9.17, 15) is 9.59 Å². The van der Waals surface area contributed by atoms with Crippen molar-refractivity contribution in [2.45, 2.75) is 20.8 Å². The van der Waals surface area contributed by atoms with Crippen molar-refractivity contribution in [3.8, 4) is 5.69 Å². The van der Waals surface area contributed by atoms with Gasteiger partial charge in [0.25, 0.3) is 5.91 Å². The number of amides is 2. The molecule has 1 aliphatic rings. The van der Waals surface area contributed by atoms with Crippen molar-refractivity contribution in [3.63, 3.8) is 0 Å². The Balaban J connectivity index is 1.62. The molecule has 0 unspecified atom stereocenters. The number of hydrogen-bond acceptors (Lipinski definition) is 4. The van der Waals surface area contributed by atoms with E-state index < -0.39 is 0 Å². The van der Waals surface area contributed by atoms with Gasteiger partial charge < -0.3 is 19.5 Å². The van der Waals surface area contributed by atoms with Crippen LogP contribution in [0.25, 0.3) is 5.69 Å². The minimum absolute atomic E-state index is 0.00599. The van der Waals surface area contributed by atoms with Gasteiger partial charge in [0.05, 0.1) is 18.7 Å². The number of benzene rings is 1. The predicted molar refractivity (Wildman–Crippen MR) is 117 cm³/mol. The average molecular weight is 413 g/mol. The number of nitrogens with zero attached hydrogens (tertiary/aromatic N) is 3. The molecule has 2 heterocycles. The van der Waals surface area contributed by atoms with Crippen LogP contribution in [0.5, 0.6) is 0 Å². The van der Waals surface area contributed by atoms with Crippen molar-refractivity contribution in [1.82, 2.24) is 19.7 Å². The van der Waals surface area contributed by atoms with Gasteiger partial charge in [0.15, 0.2) is 0 Å². The number of ether oxygens (including phenoxy) is 1. The molecule has 0 aliphatic carbocycles. The molecule has 0 saturated carbocycles. The van der Waals surface area contributed by atoms with Crippen molar-refractivity contribution < 1.29 is 14.3 Å². The number of carbonyl (C=O) groups is 2. The van der Waals surface area contributed by atoms with Gasteiger partial charge in [-0.05, 0) is 44.5 Å². The molecule has 7 heteroatoms. The fraction of sp³-hybridized carbons (Fsp3) is 0.478. The van der Waals surface area contributed by atoms with E-state index in [1.807, 2.05) is 30.9 Å². The normalized spacial score (nSPS) is 14.7. The molecule has 2 amide bonds. The summed E-state index contributed by atoms with van der Waals surface area (Å²) >= 11 is 0. The smallest absolute Gasteiger partial charge is 0.255 e. The predicted octanol–water partition coefficient (Wildman–Crippen LogP) is 1.92. The number of methoxy groups -OCH3 is 1.